The van der Waals surface area contributed by atoms with Gasteiger partial charge in [-0.05, 0) is 27.7 Å². The molecule has 0 aromatic rings. The molecule has 0 fully saturated rings. The molecular weight excluding hydrogens is 222 g/mol. The zero-order valence-corrected chi connectivity index (χ0v) is 10.9. The quantitative estimate of drug-likeness (QED) is 0.557. The SMILES string of the molecule is C=CC(=O)OC(C)CNCC(=O)OC(C)(C)C. The lowest BCUT2D eigenvalue weighted by molar-refractivity contribution is -0.153. The van der Waals surface area contributed by atoms with Crippen LogP contribution in [0.4, 0.5) is 0 Å². The van der Waals surface area contributed by atoms with Crippen molar-refractivity contribution >= 4 is 11.9 Å². The largest absolute Gasteiger partial charge is 0.459 e. The first-order chi connectivity index (χ1) is 7.74. The Hall–Kier alpha value is -1.36. The molecule has 0 bridgehead atoms. The number of carbonyl (C=O) groups excluding carboxylic acids is 2. The Bertz CT molecular complexity index is 281. The summed E-state index contributed by atoms with van der Waals surface area (Å²) in [5.74, 6) is -0.809. The zero-order valence-electron chi connectivity index (χ0n) is 10.9. The van der Waals surface area contributed by atoms with Gasteiger partial charge in [0.15, 0.2) is 0 Å². The fraction of sp³-hybridized carbons (Fsp3) is 0.667. The maximum atomic E-state index is 11.3. The molecule has 5 nitrogen and oxygen atoms in total. The summed E-state index contributed by atoms with van der Waals surface area (Å²) in [4.78, 5) is 22.2. The lowest BCUT2D eigenvalue weighted by atomic mass is 10.2. The first-order valence-corrected chi connectivity index (χ1v) is 5.50. The number of nitrogens with one attached hydrogen (secondary N) is 1. The molecular formula is C12H21NO4. The van der Waals surface area contributed by atoms with Crippen LogP contribution in [0.3, 0.4) is 0 Å². The van der Waals surface area contributed by atoms with Crippen molar-refractivity contribution in [2.45, 2.75) is 39.4 Å². The third-order valence-corrected chi connectivity index (χ3v) is 1.61. The van der Waals surface area contributed by atoms with E-state index in [0.717, 1.165) is 6.08 Å². The smallest absolute Gasteiger partial charge is 0.330 e. The summed E-state index contributed by atoms with van der Waals surface area (Å²) in [7, 11) is 0. The van der Waals surface area contributed by atoms with Crippen LogP contribution in [0.15, 0.2) is 12.7 Å². The second kappa shape index (κ2) is 7.06. The minimum atomic E-state index is -0.486. The van der Waals surface area contributed by atoms with Crippen LogP contribution in [0.25, 0.3) is 0 Å². The van der Waals surface area contributed by atoms with Gasteiger partial charge in [0.2, 0.25) is 0 Å². The van der Waals surface area contributed by atoms with Gasteiger partial charge in [-0.2, -0.15) is 0 Å². The van der Waals surface area contributed by atoms with E-state index in [4.69, 9.17) is 9.47 Å². The van der Waals surface area contributed by atoms with Crippen LogP contribution >= 0.6 is 0 Å². The lowest BCUT2D eigenvalue weighted by Crippen LogP contribution is -2.35. The molecule has 1 unspecified atom stereocenters. The molecule has 0 aliphatic carbocycles. The highest BCUT2D eigenvalue weighted by Gasteiger charge is 2.16. The van der Waals surface area contributed by atoms with Gasteiger partial charge >= 0.3 is 11.9 Å². The Labute approximate surface area is 102 Å². The number of hydrogen-bond acceptors (Lipinski definition) is 5. The Morgan fingerprint density at radius 2 is 2.00 bits per heavy atom. The standard InChI is InChI=1S/C12H21NO4/c1-6-10(14)16-9(2)7-13-8-11(15)17-12(3,4)5/h6,9,13H,1,7-8H2,2-5H3. The summed E-state index contributed by atoms with van der Waals surface area (Å²) in [5.41, 5.74) is -0.486. The maximum absolute atomic E-state index is 11.3. The molecule has 98 valence electrons. The topological polar surface area (TPSA) is 64.6 Å². The highest BCUT2D eigenvalue weighted by Crippen LogP contribution is 2.06. The van der Waals surface area contributed by atoms with Crippen molar-refractivity contribution < 1.29 is 19.1 Å². The second-order valence-corrected chi connectivity index (χ2v) is 4.67. The van der Waals surface area contributed by atoms with E-state index in [1.165, 1.54) is 0 Å². The molecule has 1 N–H and O–H groups in total. The van der Waals surface area contributed by atoms with Crippen LogP contribution in [-0.2, 0) is 19.1 Å². The van der Waals surface area contributed by atoms with E-state index >= 15 is 0 Å². The average Bonchev–Trinajstić information content (AvgIpc) is 2.14. The normalized spacial score (nSPS) is 12.7. The fourth-order valence-electron chi connectivity index (χ4n) is 1.04. The van der Waals surface area contributed by atoms with Crippen molar-refractivity contribution in [3.05, 3.63) is 12.7 Å². The first kappa shape index (κ1) is 15.6. The summed E-state index contributed by atoms with van der Waals surface area (Å²) in [6, 6.07) is 0. The summed E-state index contributed by atoms with van der Waals surface area (Å²) in [6.07, 6.45) is 0.785. The first-order valence-electron chi connectivity index (χ1n) is 5.50. The van der Waals surface area contributed by atoms with Crippen LogP contribution in [0, 0.1) is 0 Å². The monoisotopic (exact) mass is 243 g/mol. The van der Waals surface area contributed by atoms with Gasteiger partial charge in [-0.25, -0.2) is 4.79 Å². The Morgan fingerprint density at radius 3 is 2.47 bits per heavy atom. The molecule has 0 aromatic heterocycles. The number of esters is 2. The van der Waals surface area contributed by atoms with E-state index in [1.54, 1.807) is 27.7 Å². The van der Waals surface area contributed by atoms with Gasteiger partial charge in [-0.1, -0.05) is 6.58 Å². The van der Waals surface area contributed by atoms with Gasteiger partial charge in [0, 0.05) is 12.6 Å². The van der Waals surface area contributed by atoms with E-state index in [1.807, 2.05) is 0 Å². The van der Waals surface area contributed by atoms with Crippen molar-refractivity contribution in [1.82, 2.24) is 5.32 Å². The van der Waals surface area contributed by atoms with Gasteiger partial charge in [-0.15, -0.1) is 0 Å². The third-order valence-electron chi connectivity index (χ3n) is 1.61. The molecule has 0 rings (SSSR count). The molecule has 17 heavy (non-hydrogen) atoms. The highest BCUT2D eigenvalue weighted by molar-refractivity contribution is 5.81. The van der Waals surface area contributed by atoms with Crippen LogP contribution in [0.2, 0.25) is 0 Å². The van der Waals surface area contributed by atoms with Crippen molar-refractivity contribution in [2.75, 3.05) is 13.1 Å². The second-order valence-electron chi connectivity index (χ2n) is 4.67. The van der Waals surface area contributed by atoms with Crippen LogP contribution < -0.4 is 5.32 Å². The maximum Gasteiger partial charge on any atom is 0.330 e. The van der Waals surface area contributed by atoms with E-state index < -0.39 is 11.6 Å². The van der Waals surface area contributed by atoms with E-state index in [9.17, 15) is 9.59 Å². The van der Waals surface area contributed by atoms with Crippen molar-refractivity contribution in [1.29, 1.82) is 0 Å². The molecule has 0 radical (unpaired) electrons. The Kier molecular flexibility index (Phi) is 6.50. The predicted molar refractivity (Wildman–Crippen MR) is 64.5 cm³/mol. The number of ether oxygens (including phenoxy) is 2. The fourth-order valence-corrected chi connectivity index (χ4v) is 1.04. The van der Waals surface area contributed by atoms with Crippen molar-refractivity contribution in [2.24, 2.45) is 0 Å². The molecule has 0 aliphatic heterocycles. The van der Waals surface area contributed by atoms with Crippen LogP contribution in [0.5, 0.6) is 0 Å². The summed E-state index contributed by atoms with van der Waals surface area (Å²) in [6.45, 7) is 10.9. The predicted octanol–water partition coefficient (Wildman–Crippen LogP) is 1.04. The molecule has 0 aromatic carbocycles. The van der Waals surface area contributed by atoms with Crippen molar-refractivity contribution in [3.8, 4) is 0 Å². The van der Waals surface area contributed by atoms with Crippen molar-refractivity contribution in [3.63, 3.8) is 0 Å². The summed E-state index contributed by atoms with van der Waals surface area (Å²) >= 11 is 0. The zero-order chi connectivity index (χ0) is 13.5. The van der Waals surface area contributed by atoms with Crippen LogP contribution in [0.1, 0.15) is 27.7 Å². The summed E-state index contributed by atoms with van der Waals surface area (Å²) in [5, 5.41) is 2.85. The van der Waals surface area contributed by atoms with Gasteiger partial charge < -0.3 is 14.8 Å². The molecule has 0 spiro atoms. The average molecular weight is 243 g/mol. The van der Waals surface area contributed by atoms with Crippen LogP contribution in [-0.4, -0.2) is 36.7 Å². The molecule has 0 saturated carbocycles. The number of hydrogen-bond donors (Lipinski definition) is 1. The molecule has 0 amide bonds. The van der Waals surface area contributed by atoms with Gasteiger partial charge in [-0.3, -0.25) is 4.79 Å². The van der Waals surface area contributed by atoms with E-state index in [0.29, 0.717) is 6.54 Å². The summed E-state index contributed by atoms with van der Waals surface area (Å²) < 4.78 is 10.0. The lowest BCUT2D eigenvalue weighted by Gasteiger charge is -2.20. The number of carbonyl (C=O) groups is 2. The minimum absolute atomic E-state index is 0.0905. The van der Waals surface area contributed by atoms with E-state index in [2.05, 4.69) is 11.9 Å². The van der Waals surface area contributed by atoms with Gasteiger partial charge in [0.25, 0.3) is 0 Å². The molecule has 0 saturated heterocycles. The molecule has 0 aliphatic rings. The van der Waals surface area contributed by atoms with Gasteiger partial charge in [0.1, 0.15) is 11.7 Å². The van der Waals surface area contributed by atoms with Gasteiger partial charge in [0.05, 0.1) is 6.54 Å². The number of rotatable bonds is 6. The van der Waals surface area contributed by atoms with E-state index in [-0.39, 0.29) is 18.6 Å². The Morgan fingerprint density at radius 1 is 1.41 bits per heavy atom. The molecule has 5 heteroatoms. The minimum Gasteiger partial charge on any atom is -0.459 e. The third kappa shape index (κ3) is 9.56. The molecule has 1 atom stereocenters. The molecule has 0 heterocycles. The Balaban J connectivity index is 3.73. The highest BCUT2D eigenvalue weighted by atomic mass is 16.6.